The Balaban J connectivity index is 1.20. The van der Waals surface area contributed by atoms with Crippen LogP contribution in [0.5, 0.6) is 0 Å². The molecule has 0 spiro atoms. The minimum atomic E-state index is 0.0458. The lowest BCUT2D eigenvalue weighted by Gasteiger charge is -2.38. The van der Waals surface area contributed by atoms with Crippen molar-refractivity contribution in [3.05, 3.63) is 120 Å². The van der Waals surface area contributed by atoms with Crippen LogP contribution in [0, 0.1) is 35.0 Å². The monoisotopic (exact) mass is 552 g/mol. The molecular formula is C39H43BNO. The third-order valence-electron chi connectivity index (χ3n) is 11.1. The molecule has 2 nitrogen and oxygen atoms in total. The predicted molar refractivity (Wildman–Crippen MR) is 177 cm³/mol. The van der Waals surface area contributed by atoms with E-state index in [-0.39, 0.29) is 11.5 Å². The average molecular weight is 553 g/mol. The summed E-state index contributed by atoms with van der Waals surface area (Å²) >= 11 is 0. The first kappa shape index (κ1) is 27.5. The molecule has 6 atom stereocenters. The predicted octanol–water partition coefficient (Wildman–Crippen LogP) is 8.27. The zero-order valence-electron chi connectivity index (χ0n) is 25.0. The summed E-state index contributed by atoms with van der Waals surface area (Å²) in [5.74, 6) is 3.37. The molecule has 42 heavy (non-hydrogen) atoms. The molecule has 1 fully saturated rings. The molecule has 0 aliphatic heterocycles. The van der Waals surface area contributed by atoms with Crippen LogP contribution in [-0.4, -0.2) is 18.4 Å². The lowest BCUT2D eigenvalue weighted by atomic mass is 9.58. The summed E-state index contributed by atoms with van der Waals surface area (Å²) in [6.07, 6.45) is 24.6. The fourth-order valence-electron chi connectivity index (χ4n) is 8.70. The molecule has 0 bridgehead atoms. The summed E-state index contributed by atoms with van der Waals surface area (Å²) in [6, 6.07) is 17.9. The molecule has 1 saturated carbocycles. The number of nitrogens with two attached hydrogens (primary N) is 1. The largest absolute Gasteiger partial charge is 0.512 e. The third kappa shape index (κ3) is 5.11. The van der Waals surface area contributed by atoms with E-state index < -0.39 is 0 Å². The summed E-state index contributed by atoms with van der Waals surface area (Å²) in [5.41, 5.74) is 16.6. The van der Waals surface area contributed by atoms with Gasteiger partial charge in [0.25, 0.3) is 0 Å². The molecule has 0 amide bonds. The van der Waals surface area contributed by atoms with Crippen LogP contribution in [0.1, 0.15) is 57.9 Å². The number of aliphatic hydroxyl groups excluding tert-OH is 1. The fourth-order valence-corrected chi connectivity index (χ4v) is 8.70. The van der Waals surface area contributed by atoms with Crippen LogP contribution < -0.4 is 11.2 Å². The van der Waals surface area contributed by atoms with Gasteiger partial charge in [-0.1, -0.05) is 110 Å². The van der Waals surface area contributed by atoms with E-state index >= 15 is 0 Å². The van der Waals surface area contributed by atoms with Crippen LogP contribution >= 0.6 is 0 Å². The number of hydrogen-bond donors (Lipinski definition) is 2. The van der Waals surface area contributed by atoms with E-state index in [1.54, 1.807) is 0 Å². The van der Waals surface area contributed by atoms with Crippen molar-refractivity contribution in [2.24, 2.45) is 40.7 Å². The van der Waals surface area contributed by atoms with Gasteiger partial charge in [0.05, 0.1) is 5.76 Å². The summed E-state index contributed by atoms with van der Waals surface area (Å²) in [7, 11) is 2.41. The molecule has 7 rings (SSSR count). The highest BCUT2D eigenvalue weighted by molar-refractivity contribution is 6.61. The minimum Gasteiger partial charge on any atom is -0.512 e. The van der Waals surface area contributed by atoms with Crippen molar-refractivity contribution in [1.29, 1.82) is 0 Å². The van der Waals surface area contributed by atoms with Crippen molar-refractivity contribution in [3.63, 3.8) is 0 Å². The van der Waals surface area contributed by atoms with Gasteiger partial charge in [-0.05, 0) is 102 Å². The number of fused-ring (bicyclic) bond motifs is 3. The normalized spacial score (nSPS) is 31.3. The van der Waals surface area contributed by atoms with E-state index in [1.807, 2.05) is 6.08 Å². The van der Waals surface area contributed by atoms with Gasteiger partial charge in [-0.2, -0.15) is 0 Å². The van der Waals surface area contributed by atoms with Crippen LogP contribution in [0.4, 0.5) is 0 Å². The summed E-state index contributed by atoms with van der Waals surface area (Å²) < 4.78 is 0. The van der Waals surface area contributed by atoms with Crippen molar-refractivity contribution in [3.8, 4) is 11.1 Å². The van der Waals surface area contributed by atoms with Gasteiger partial charge in [0.1, 0.15) is 0 Å². The summed E-state index contributed by atoms with van der Waals surface area (Å²) in [5, 5.41) is 9.77. The van der Waals surface area contributed by atoms with E-state index in [0.29, 0.717) is 35.3 Å². The van der Waals surface area contributed by atoms with Gasteiger partial charge in [-0.25, -0.2) is 0 Å². The first-order valence-electron chi connectivity index (χ1n) is 16.0. The van der Waals surface area contributed by atoms with Crippen LogP contribution in [0.25, 0.3) is 16.7 Å². The Labute approximate surface area is 252 Å². The SMILES string of the molecule is CC1(C)C2C=CC=CC2C2C=C(c3cc([B]C4=CCC(C5=CC=C(O)CC5)CC4)cc(-c4ccccc4)c3)C(N)CC21. The van der Waals surface area contributed by atoms with Crippen LogP contribution in [0.3, 0.4) is 0 Å². The first-order valence-corrected chi connectivity index (χ1v) is 16.0. The molecular weight excluding hydrogens is 509 g/mol. The number of allylic oxidation sites excluding steroid dienone is 11. The molecule has 2 aromatic carbocycles. The Morgan fingerprint density at radius 2 is 1.69 bits per heavy atom. The fraction of sp³-hybridized carbons (Fsp3) is 0.385. The Morgan fingerprint density at radius 1 is 0.881 bits per heavy atom. The van der Waals surface area contributed by atoms with E-state index in [2.05, 4.69) is 112 Å². The van der Waals surface area contributed by atoms with E-state index in [0.717, 1.165) is 32.1 Å². The molecule has 5 aliphatic rings. The zero-order chi connectivity index (χ0) is 28.8. The molecule has 0 saturated heterocycles. The highest BCUT2D eigenvalue weighted by Gasteiger charge is 2.54. The molecule has 3 N–H and O–H groups in total. The molecule has 6 unspecified atom stereocenters. The van der Waals surface area contributed by atoms with Gasteiger partial charge in [0.15, 0.2) is 7.28 Å². The topological polar surface area (TPSA) is 46.2 Å². The molecule has 0 heterocycles. The van der Waals surface area contributed by atoms with E-state index in [4.69, 9.17) is 5.73 Å². The van der Waals surface area contributed by atoms with Crippen molar-refractivity contribution in [1.82, 2.24) is 0 Å². The van der Waals surface area contributed by atoms with Gasteiger partial charge in [-0.3, -0.25) is 0 Å². The second-order valence-electron chi connectivity index (χ2n) is 13.8. The zero-order valence-corrected chi connectivity index (χ0v) is 25.0. The molecule has 2 aromatic rings. The maximum Gasteiger partial charge on any atom is 0.185 e. The highest BCUT2D eigenvalue weighted by atomic mass is 16.3. The lowest BCUT2D eigenvalue weighted by molar-refractivity contribution is 0.182. The van der Waals surface area contributed by atoms with Gasteiger partial charge >= 0.3 is 0 Å². The third-order valence-corrected chi connectivity index (χ3v) is 11.1. The Kier molecular flexibility index (Phi) is 7.26. The second kappa shape index (κ2) is 11.1. The lowest BCUT2D eigenvalue weighted by Crippen LogP contribution is -2.36. The van der Waals surface area contributed by atoms with Gasteiger partial charge in [-0.15, -0.1) is 5.47 Å². The quantitative estimate of drug-likeness (QED) is 0.367. The Hall–Kier alpha value is -3.30. The maximum absolute atomic E-state index is 9.77. The maximum atomic E-state index is 9.77. The molecule has 0 aromatic heterocycles. The van der Waals surface area contributed by atoms with Gasteiger partial charge in [0, 0.05) is 12.5 Å². The first-order chi connectivity index (χ1) is 20.4. The second-order valence-corrected chi connectivity index (χ2v) is 13.8. The smallest absolute Gasteiger partial charge is 0.185 e. The van der Waals surface area contributed by atoms with E-state index in [9.17, 15) is 5.11 Å². The van der Waals surface area contributed by atoms with Crippen molar-refractivity contribution >= 4 is 18.3 Å². The molecule has 5 aliphatic carbocycles. The van der Waals surface area contributed by atoms with Crippen LogP contribution in [0.2, 0.25) is 0 Å². The highest BCUT2D eigenvalue weighted by Crippen LogP contribution is 2.60. The van der Waals surface area contributed by atoms with Crippen LogP contribution in [-0.2, 0) is 0 Å². The number of benzene rings is 2. The molecule has 3 heteroatoms. The minimum absolute atomic E-state index is 0.0458. The molecule has 213 valence electrons. The van der Waals surface area contributed by atoms with Crippen molar-refractivity contribution in [2.75, 3.05) is 0 Å². The van der Waals surface area contributed by atoms with Crippen molar-refractivity contribution in [2.45, 2.75) is 58.4 Å². The number of rotatable bonds is 5. The van der Waals surface area contributed by atoms with E-state index in [1.165, 1.54) is 45.2 Å². The number of hydrogen-bond acceptors (Lipinski definition) is 2. The van der Waals surface area contributed by atoms with Crippen molar-refractivity contribution < 1.29 is 5.11 Å². The van der Waals surface area contributed by atoms with Gasteiger partial charge < -0.3 is 10.8 Å². The standard InChI is InChI=1S/C39H43BNO/c1-39(2)36-11-7-6-10-33(36)35-23-34(38(41)24-37(35)39)29-20-28(25-8-4-3-5-9-25)21-31(22-29)40-30-16-12-26(13-17-30)27-14-18-32(42)19-15-27/h3-11,14,16,18,20-23,26,33,35-38,42H,12-13,15,17,19,24,41H2,1-2H3. The summed E-state index contributed by atoms with van der Waals surface area (Å²) in [4.78, 5) is 0. The van der Waals surface area contributed by atoms with Gasteiger partial charge in [0.2, 0.25) is 0 Å². The number of aliphatic hydroxyl groups is 1. The van der Waals surface area contributed by atoms with Crippen LogP contribution in [0.15, 0.2) is 114 Å². The Morgan fingerprint density at radius 3 is 2.45 bits per heavy atom. The summed E-state index contributed by atoms with van der Waals surface area (Å²) in [6.45, 7) is 4.92. The Bertz CT molecular complexity index is 1540. The molecule has 1 radical (unpaired) electrons. The average Bonchev–Trinajstić information content (AvgIpc) is 3.23.